The van der Waals surface area contributed by atoms with E-state index >= 15 is 0 Å². The van der Waals surface area contributed by atoms with E-state index in [1.165, 1.54) is 0 Å². The molecule has 1 aromatic carbocycles. The SMILES string of the molecule is C=C/C(=C\N(C)C)c1cccc(-c2ncc(C3=CC(C)N=C3)c(CC3CC(F)C3)n2)c1. The van der Waals surface area contributed by atoms with Crippen LogP contribution in [0.4, 0.5) is 4.39 Å². The van der Waals surface area contributed by atoms with Crippen molar-refractivity contribution in [3.63, 3.8) is 0 Å². The molecule has 1 aliphatic heterocycles. The van der Waals surface area contributed by atoms with Gasteiger partial charge in [0.25, 0.3) is 0 Å². The molecule has 31 heavy (non-hydrogen) atoms. The van der Waals surface area contributed by atoms with Crippen LogP contribution in [-0.2, 0) is 6.42 Å². The summed E-state index contributed by atoms with van der Waals surface area (Å²) in [5.41, 5.74) is 6.10. The number of aliphatic imine (C=N–C) groups is 1. The third-order valence-corrected chi connectivity index (χ3v) is 5.78. The summed E-state index contributed by atoms with van der Waals surface area (Å²) in [5.74, 6) is 1.03. The molecule has 0 amide bonds. The fourth-order valence-electron chi connectivity index (χ4n) is 4.11. The molecule has 1 atom stereocenters. The lowest BCUT2D eigenvalue weighted by Gasteiger charge is -2.29. The van der Waals surface area contributed by atoms with Gasteiger partial charge in [-0.2, -0.15) is 0 Å². The minimum atomic E-state index is -0.667. The first-order valence-electron chi connectivity index (χ1n) is 10.8. The number of halogens is 1. The largest absolute Gasteiger partial charge is 0.383 e. The predicted molar refractivity (Wildman–Crippen MR) is 127 cm³/mol. The summed E-state index contributed by atoms with van der Waals surface area (Å²) in [5, 5.41) is 0. The molecule has 1 fully saturated rings. The Hall–Kier alpha value is -3.08. The minimum Gasteiger partial charge on any atom is -0.383 e. The Balaban J connectivity index is 1.71. The van der Waals surface area contributed by atoms with Crippen LogP contribution in [-0.4, -0.2) is 47.4 Å². The number of rotatable bonds is 7. The Morgan fingerprint density at radius 1 is 1.29 bits per heavy atom. The Labute approximate surface area is 184 Å². The number of hydrogen-bond donors (Lipinski definition) is 0. The Morgan fingerprint density at radius 2 is 2.10 bits per heavy atom. The van der Waals surface area contributed by atoms with Crippen molar-refractivity contribution in [1.82, 2.24) is 14.9 Å². The Bertz CT molecular complexity index is 1060. The number of benzene rings is 1. The first kappa shape index (κ1) is 21.2. The van der Waals surface area contributed by atoms with Gasteiger partial charge in [-0.05, 0) is 49.3 Å². The highest BCUT2D eigenvalue weighted by molar-refractivity contribution is 6.12. The minimum absolute atomic E-state index is 0.166. The van der Waals surface area contributed by atoms with Gasteiger partial charge in [0.2, 0.25) is 0 Å². The molecule has 160 valence electrons. The molecule has 0 N–H and O–H groups in total. The fourth-order valence-corrected chi connectivity index (χ4v) is 4.11. The molecule has 5 heteroatoms. The van der Waals surface area contributed by atoms with Crippen molar-refractivity contribution in [2.45, 2.75) is 38.4 Å². The van der Waals surface area contributed by atoms with Gasteiger partial charge in [-0.3, -0.25) is 4.99 Å². The van der Waals surface area contributed by atoms with Gasteiger partial charge >= 0.3 is 0 Å². The van der Waals surface area contributed by atoms with Crippen LogP contribution in [0.15, 0.2) is 60.4 Å². The second-order valence-electron chi connectivity index (χ2n) is 8.67. The van der Waals surface area contributed by atoms with Crippen LogP contribution in [0.3, 0.4) is 0 Å². The van der Waals surface area contributed by atoms with E-state index in [0.717, 1.165) is 40.0 Å². The molecular weight excluding hydrogens is 387 g/mol. The molecule has 0 bridgehead atoms. The van der Waals surface area contributed by atoms with Gasteiger partial charge in [0.05, 0.1) is 11.7 Å². The van der Waals surface area contributed by atoms with Gasteiger partial charge in [0, 0.05) is 49.4 Å². The van der Waals surface area contributed by atoms with E-state index in [4.69, 9.17) is 4.98 Å². The van der Waals surface area contributed by atoms with Crippen LogP contribution in [0, 0.1) is 5.92 Å². The molecular formula is C26H29FN4. The number of alkyl halides is 1. The molecule has 2 aliphatic rings. The molecule has 1 saturated carbocycles. The van der Waals surface area contributed by atoms with Crippen molar-refractivity contribution in [1.29, 1.82) is 0 Å². The molecule has 1 aromatic heterocycles. The fraction of sp³-hybridized carbons (Fsp3) is 0.346. The molecule has 1 aliphatic carbocycles. The van der Waals surface area contributed by atoms with Crippen molar-refractivity contribution < 1.29 is 4.39 Å². The highest BCUT2D eigenvalue weighted by atomic mass is 19.1. The summed E-state index contributed by atoms with van der Waals surface area (Å²) in [6, 6.07) is 8.36. The number of aromatic nitrogens is 2. The first-order chi connectivity index (χ1) is 14.9. The molecule has 0 saturated heterocycles. The normalized spacial score (nSPS) is 22.8. The quantitative estimate of drug-likeness (QED) is 0.569. The lowest BCUT2D eigenvalue weighted by Crippen LogP contribution is -2.27. The zero-order valence-corrected chi connectivity index (χ0v) is 18.4. The van der Waals surface area contributed by atoms with Gasteiger partial charge < -0.3 is 4.90 Å². The molecule has 4 rings (SSSR count). The van der Waals surface area contributed by atoms with Crippen LogP contribution in [0.2, 0.25) is 0 Å². The van der Waals surface area contributed by atoms with Crippen molar-refractivity contribution in [2.24, 2.45) is 10.9 Å². The number of nitrogens with zero attached hydrogens (tertiary/aromatic N) is 4. The topological polar surface area (TPSA) is 41.4 Å². The maximum Gasteiger partial charge on any atom is 0.159 e. The summed E-state index contributed by atoms with van der Waals surface area (Å²) in [6.07, 6.45) is 11.2. The van der Waals surface area contributed by atoms with Gasteiger partial charge in [-0.15, -0.1) is 0 Å². The highest BCUT2D eigenvalue weighted by Gasteiger charge is 2.30. The third-order valence-electron chi connectivity index (χ3n) is 5.78. The molecule has 0 spiro atoms. The standard InChI is InChI=1S/C26H29FN4/c1-5-19(16-31(3)4)20-7-6-8-21(13-20)26-29-15-24(22-9-17(2)28-14-22)25(30-26)12-18-10-23(27)11-18/h5-9,13-18,23H,1,10-12H2,2-4H3/b19-16+. The third kappa shape index (κ3) is 4.82. The molecule has 0 radical (unpaired) electrons. The second-order valence-corrected chi connectivity index (χ2v) is 8.67. The van der Waals surface area contributed by atoms with E-state index in [9.17, 15) is 4.39 Å². The number of allylic oxidation sites excluding steroid dienone is 3. The second kappa shape index (κ2) is 8.96. The van der Waals surface area contributed by atoms with Crippen LogP contribution in [0.1, 0.15) is 36.6 Å². The van der Waals surface area contributed by atoms with Crippen molar-refractivity contribution in [3.05, 3.63) is 72.2 Å². The summed E-state index contributed by atoms with van der Waals surface area (Å²) in [6.45, 7) is 6.01. The molecule has 1 unspecified atom stereocenters. The number of hydrogen-bond acceptors (Lipinski definition) is 4. The summed E-state index contributed by atoms with van der Waals surface area (Å²) in [4.78, 5) is 16.1. The summed E-state index contributed by atoms with van der Waals surface area (Å²) < 4.78 is 13.4. The van der Waals surface area contributed by atoms with Crippen molar-refractivity contribution in [2.75, 3.05) is 14.1 Å². The zero-order chi connectivity index (χ0) is 22.0. The van der Waals surface area contributed by atoms with Gasteiger partial charge in [0.15, 0.2) is 5.82 Å². The summed E-state index contributed by atoms with van der Waals surface area (Å²) in [7, 11) is 3.98. The van der Waals surface area contributed by atoms with Crippen LogP contribution >= 0.6 is 0 Å². The first-order valence-corrected chi connectivity index (χ1v) is 10.8. The molecule has 2 aromatic rings. The van der Waals surface area contributed by atoms with E-state index in [1.807, 2.05) is 55.8 Å². The smallest absolute Gasteiger partial charge is 0.159 e. The van der Waals surface area contributed by atoms with Gasteiger partial charge in [0.1, 0.15) is 6.17 Å². The predicted octanol–water partition coefficient (Wildman–Crippen LogP) is 5.38. The van der Waals surface area contributed by atoms with E-state index in [-0.39, 0.29) is 6.04 Å². The summed E-state index contributed by atoms with van der Waals surface area (Å²) >= 11 is 0. The van der Waals surface area contributed by atoms with Crippen LogP contribution in [0.5, 0.6) is 0 Å². The maximum absolute atomic E-state index is 13.4. The van der Waals surface area contributed by atoms with E-state index < -0.39 is 6.17 Å². The zero-order valence-electron chi connectivity index (χ0n) is 18.4. The van der Waals surface area contributed by atoms with Gasteiger partial charge in [-0.1, -0.05) is 36.9 Å². The van der Waals surface area contributed by atoms with Crippen molar-refractivity contribution in [3.8, 4) is 11.4 Å². The van der Waals surface area contributed by atoms with E-state index in [2.05, 4.69) is 41.7 Å². The molecule has 2 heterocycles. The van der Waals surface area contributed by atoms with Gasteiger partial charge in [-0.25, -0.2) is 14.4 Å². The van der Waals surface area contributed by atoms with Crippen molar-refractivity contribution >= 4 is 17.4 Å². The van der Waals surface area contributed by atoms with E-state index in [1.54, 1.807) is 0 Å². The maximum atomic E-state index is 13.4. The Kier molecular flexibility index (Phi) is 6.12. The Morgan fingerprint density at radius 3 is 2.74 bits per heavy atom. The average Bonchev–Trinajstić information content (AvgIpc) is 3.17. The highest BCUT2D eigenvalue weighted by Crippen LogP contribution is 2.35. The van der Waals surface area contributed by atoms with Crippen LogP contribution < -0.4 is 0 Å². The lowest BCUT2D eigenvalue weighted by atomic mass is 9.79. The monoisotopic (exact) mass is 416 g/mol. The average molecular weight is 417 g/mol. The van der Waals surface area contributed by atoms with E-state index in [0.29, 0.717) is 24.6 Å². The lowest BCUT2D eigenvalue weighted by molar-refractivity contribution is 0.130. The van der Waals surface area contributed by atoms with Crippen LogP contribution in [0.25, 0.3) is 22.5 Å². The molecule has 4 nitrogen and oxygen atoms in total.